The number of hydrogen-bond acceptors (Lipinski definition) is 9. The van der Waals surface area contributed by atoms with Crippen LogP contribution in [0, 0.1) is 22.7 Å². The standard InChI is InChI=1S/C28H22N4O4S/c1-2-3-12-35-19-10-8-17(9-11-19)25-21(14-29)26(31)32-27(22(25)15-30)37-16-23(33)20-13-18-6-4-5-7-24(18)36-28(20)34/h4-11,13H,2-3,12,16H2,1H3,(H2,31,32). The van der Waals surface area contributed by atoms with Gasteiger partial charge in [-0.05, 0) is 36.2 Å². The minimum atomic E-state index is -0.737. The number of carbonyl (C=O) groups excluding carboxylic acids is 1. The van der Waals surface area contributed by atoms with Crippen LogP contribution in [-0.2, 0) is 0 Å². The highest BCUT2D eigenvalue weighted by Gasteiger charge is 2.22. The van der Waals surface area contributed by atoms with Crippen molar-refractivity contribution in [2.45, 2.75) is 24.8 Å². The van der Waals surface area contributed by atoms with Crippen LogP contribution in [0.5, 0.6) is 5.75 Å². The first-order valence-electron chi connectivity index (χ1n) is 11.5. The molecule has 37 heavy (non-hydrogen) atoms. The van der Waals surface area contributed by atoms with E-state index in [4.69, 9.17) is 14.9 Å². The van der Waals surface area contributed by atoms with Gasteiger partial charge >= 0.3 is 5.63 Å². The molecule has 0 radical (unpaired) electrons. The van der Waals surface area contributed by atoms with E-state index in [2.05, 4.69) is 18.0 Å². The highest BCUT2D eigenvalue weighted by molar-refractivity contribution is 8.00. The van der Waals surface area contributed by atoms with Crippen LogP contribution in [0.1, 0.15) is 41.3 Å². The number of unbranched alkanes of at least 4 members (excludes halogenated alkanes) is 1. The molecule has 2 heterocycles. The summed E-state index contributed by atoms with van der Waals surface area (Å²) in [7, 11) is 0. The molecule has 0 amide bonds. The van der Waals surface area contributed by atoms with E-state index in [0.717, 1.165) is 24.6 Å². The molecule has 2 aromatic heterocycles. The van der Waals surface area contributed by atoms with E-state index in [9.17, 15) is 20.1 Å². The van der Waals surface area contributed by atoms with Crippen molar-refractivity contribution < 1.29 is 13.9 Å². The fourth-order valence-electron chi connectivity index (χ4n) is 3.71. The van der Waals surface area contributed by atoms with Gasteiger partial charge in [0.05, 0.1) is 17.9 Å². The summed E-state index contributed by atoms with van der Waals surface area (Å²) in [4.78, 5) is 29.5. The number of hydrogen-bond donors (Lipinski definition) is 1. The van der Waals surface area contributed by atoms with Gasteiger partial charge in [-0.25, -0.2) is 9.78 Å². The molecule has 4 rings (SSSR count). The minimum absolute atomic E-state index is 0.0556. The second-order valence-corrected chi connectivity index (χ2v) is 9.04. The number of nitrogen functional groups attached to an aromatic ring is 1. The lowest BCUT2D eigenvalue weighted by molar-refractivity contribution is 0.101. The van der Waals surface area contributed by atoms with Crippen LogP contribution in [-0.4, -0.2) is 23.1 Å². The maximum Gasteiger partial charge on any atom is 0.347 e. The van der Waals surface area contributed by atoms with Gasteiger partial charge in [0.25, 0.3) is 0 Å². The number of nitriles is 2. The lowest BCUT2D eigenvalue weighted by atomic mass is 9.97. The number of fused-ring (bicyclic) bond motifs is 1. The Balaban J connectivity index is 1.65. The summed E-state index contributed by atoms with van der Waals surface area (Å²) in [5.41, 5.74) is 6.75. The smallest absolute Gasteiger partial charge is 0.347 e. The predicted octanol–water partition coefficient (Wildman–Crippen LogP) is 5.33. The molecule has 8 nitrogen and oxygen atoms in total. The van der Waals surface area contributed by atoms with Crippen molar-refractivity contribution in [3.63, 3.8) is 0 Å². The maximum atomic E-state index is 12.9. The molecule has 0 aliphatic heterocycles. The number of nitrogens with zero attached hydrogens (tertiary/aromatic N) is 3. The lowest BCUT2D eigenvalue weighted by Gasteiger charge is -2.13. The number of anilines is 1. The van der Waals surface area contributed by atoms with E-state index in [-0.39, 0.29) is 33.3 Å². The van der Waals surface area contributed by atoms with Crippen molar-refractivity contribution in [1.29, 1.82) is 10.5 Å². The van der Waals surface area contributed by atoms with Crippen molar-refractivity contribution in [2.24, 2.45) is 0 Å². The van der Waals surface area contributed by atoms with Crippen molar-refractivity contribution in [3.05, 3.63) is 81.7 Å². The van der Waals surface area contributed by atoms with E-state index < -0.39 is 11.4 Å². The molecule has 2 N–H and O–H groups in total. The Morgan fingerprint density at radius 1 is 1.11 bits per heavy atom. The molecule has 184 valence electrons. The van der Waals surface area contributed by atoms with Gasteiger partial charge in [-0.3, -0.25) is 4.79 Å². The summed E-state index contributed by atoms with van der Waals surface area (Å²) in [5, 5.41) is 20.5. The first-order valence-corrected chi connectivity index (χ1v) is 12.5. The molecule has 0 saturated heterocycles. The van der Waals surface area contributed by atoms with E-state index in [1.165, 1.54) is 6.07 Å². The van der Waals surface area contributed by atoms with Crippen molar-refractivity contribution in [3.8, 4) is 29.0 Å². The van der Waals surface area contributed by atoms with Crippen LogP contribution in [0.3, 0.4) is 0 Å². The summed E-state index contributed by atoms with van der Waals surface area (Å²) in [6.07, 6.45) is 1.94. The minimum Gasteiger partial charge on any atom is -0.494 e. The highest BCUT2D eigenvalue weighted by Crippen LogP contribution is 2.36. The van der Waals surface area contributed by atoms with Crippen LogP contribution < -0.4 is 16.1 Å². The lowest BCUT2D eigenvalue weighted by Crippen LogP contribution is -2.16. The number of thioether (sulfide) groups is 1. The fraction of sp³-hybridized carbons (Fsp3) is 0.179. The zero-order valence-electron chi connectivity index (χ0n) is 20.0. The highest BCUT2D eigenvalue weighted by atomic mass is 32.2. The molecule has 2 aromatic carbocycles. The van der Waals surface area contributed by atoms with E-state index in [1.54, 1.807) is 48.5 Å². The number of pyridine rings is 1. The molecule has 0 spiro atoms. The number of ketones is 1. The summed E-state index contributed by atoms with van der Waals surface area (Å²) >= 11 is 0.970. The number of benzene rings is 2. The molecule has 0 saturated carbocycles. The zero-order chi connectivity index (χ0) is 26.4. The Morgan fingerprint density at radius 3 is 2.54 bits per heavy atom. The largest absolute Gasteiger partial charge is 0.494 e. The van der Waals surface area contributed by atoms with E-state index in [0.29, 0.717) is 34.5 Å². The van der Waals surface area contributed by atoms with E-state index in [1.807, 2.05) is 6.07 Å². The monoisotopic (exact) mass is 510 g/mol. The summed E-state index contributed by atoms with van der Waals surface area (Å²) < 4.78 is 11.0. The summed E-state index contributed by atoms with van der Waals surface area (Å²) in [6, 6.07) is 19.6. The number of carbonyl (C=O) groups is 1. The number of aromatic nitrogens is 1. The molecular formula is C28H22N4O4S. The Hall–Kier alpha value is -4.60. The van der Waals surface area contributed by atoms with Crippen LogP contribution in [0.2, 0.25) is 0 Å². The van der Waals surface area contributed by atoms with Gasteiger partial charge in [0.15, 0.2) is 5.78 Å². The quantitative estimate of drug-likeness (QED) is 0.137. The average molecular weight is 511 g/mol. The summed E-state index contributed by atoms with van der Waals surface area (Å²) in [6.45, 7) is 2.67. The van der Waals surface area contributed by atoms with Gasteiger partial charge in [0.2, 0.25) is 0 Å². The molecule has 0 aliphatic carbocycles. The van der Waals surface area contributed by atoms with Gasteiger partial charge in [0.1, 0.15) is 45.4 Å². The maximum absolute atomic E-state index is 12.9. The SMILES string of the molecule is CCCCOc1ccc(-c2c(C#N)c(N)nc(SCC(=O)c3cc4ccccc4oc3=O)c2C#N)cc1. The number of rotatable bonds is 9. The molecule has 0 fully saturated rings. The normalized spacial score (nSPS) is 10.6. The van der Waals surface area contributed by atoms with Crippen molar-refractivity contribution >= 4 is 34.3 Å². The molecule has 4 aromatic rings. The summed E-state index contributed by atoms with van der Waals surface area (Å²) in [5.74, 6) is -0.0430. The molecule has 0 atom stereocenters. The number of ether oxygens (including phenoxy) is 1. The Bertz CT molecular complexity index is 1620. The molecule has 0 aliphatic rings. The Labute approximate surface area is 217 Å². The Kier molecular flexibility index (Phi) is 7.87. The van der Waals surface area contributed by atoms with Gasteiger partial charge in [-0.15, -0.1) is 0 Å². The van der Waals surface area contributed by atoms with Crippen LogP contribution in [0.15, 0.2) is 68.8 Å². The van der Waals surface area contributed by atoms with Crippen molar-refractivity contribution in [1.82, 2.24) is 4.98 Å². The average Bonchev–Trinajstić information content (AvgIpc) is 2.91. The van der Waals surface area contributed by atoms with Gasteiger partial charge in [-0.1, -0.05) is 55.4 Å². The van der Waals surface area contributed by atoms with Crippen LogP contribution >= 0.6 is 11.8 Å². The third-order valence-corrected chi connectivity index (χ3v) is 6.58. The second kappa shape index (κ2) is 11.4. The van der Waals surface area contributed by atoms with Gasteiger partial charge < -0.3 is 14.9 Å². The first-order chi connectivity index (χ1) is 18.0. The van der Waals surface area contributed by atoms with E-state index >= 15 is 0 Å². The molecule has 0 bridgehead atoms. The third-order valence-electron chi connectivity index (χ3n) is 5.61. The van der Waals surface area contributed by atoms with Gasteiger partial charge in [0, 0.05) is 10.9 Å². The molecular weight excluding hydrogens is 488 g/mol. The fourth-order valence-corrected chi connectivity index (χ4v) is 4.59. The number of nitrogens with two attached hydrogens (primary N) is 1. The Morgan fingerprint density at radius 2 is 1.84 bits per heavy atom. The zero-order valence-corrected chi connectivity index (χ0v) is 20.8. The van der Waals surface area contributed by atoms with Crippen molar-refractivity contribution in [2.75, 3.05) is 18.1 Å². The predicted molar refractivity (Wildman–Crippen MR) is 141 cm³/mol. The molecule has 0 unspecified atom stereocenters. The first kappa shape index (κ1) is 25.5. The molecule has 9 heteroatoms. The van der Waals surface area contributed by atoms with Crippen LogP contribution in [0.25, 0.3) is 22.1 Å². The number of para-hydroxylation sites is 1. The second-order valence-electron chi connectivity index (χ2n) is 8.07. The van der Waals surface area contributed by atoms with Gasteiger partial charge in [-0.2, -0.15) is 10.5 Å². The number of Topliss-reactive ketones (excluding diaryl/α,β-unsaturated/α-hetero) is 1. The van der Waals surface area contributed by atoms with Crippen LogP contribution in [0.4, 0.5) is 5.82 Å². The third kappa shape index (κ3) is 5.48. The topological polar surface area (TPSA) is 143 Å².